The summed E-state index contributed by atoms with van der Waals surface area (Å²) in [5, 5.41) is 0. The van der Waals surface area contributed by atoms with Crippen LogP contribution in [0.1, 0.15) is 46.5 Å². The van der Waals surface area contributed by atoms with Gasteiger partial charge in [0.25, 0.3) is 5.91 Å². The summed E-state index contributed by atoms with van der Waals surface area (Å²) in [6, 6.07) is 3.95. The molecule has 0 saturated carbocycles. The maximum Gasteiger partial charge on any atom is 0.274 e. The van der Waals surface area contributed by atoms with Crippen molar-refractivity contribution < 1.29 is 4.79 Å². The molecular weight excluding hydrogens is 290 g/mol. The third kappa shape index (κ3) is 2.40. The van der Waals surface area contributed by atoms with E-state index in [1.54, 1.807) is 0 Å². The molecule has 1 atom stereocenters. The first-order valence-electron chi connectivity index (χ1n) is 7.89. The molecule has 1 saturated heterocycles. The van der Waals surface area contributed by atoms with Crippen molar-refractivity contribution in [2.24, 2.45) is 0 Å². The molecule has 4 rings (SSSR count). The first kappa shape index (κ1) is 14.0. The third-order valence-electron chi connectivity index (χ3n) is 4.37. The third-order valence-corrected chi connectivity index (χ3v) is 4.37. The van der Waals surface area contributed by atoms with E-state index in [0.717, 1.165) is 42.1 Å². The Labute approximate surface area is 134 Å². The largest absolute Gasteiger partial charge is 0.344 e. The SMILES string of the molecule is Cc1ccc2nc(C(=O)N3CCC[C@H]3c3ncc(C)[nH]3)cn2c1. The number of rotatable bonds is 2. The van der Waals surface area contributed by atoms with Gasteiger partial charge in [0, 0.05) is 30.8 Å². The Morgan fingerprint density at radius 2 is 2.17 bits per heavy atom. The summed E-state index contributed by atoms with van der Waals surface area (Å²) < 4.78 is 1.91. The Morgan fingerprint density at radius 1 is 1.30 bits per heavy atom. The molecule has 0 aliphatic carbocycles. The van der Waals surface area contributed by atoms with E-state index in [1.165, 1.54) is 0 Å². The molecule has 3 aromatic heterocycles. The second-order valence-corrected chi connectivity index (χ2v) is 6.21. The number of aromatic amines is 1. The molecule has 0 unspecified atom stereocenters. The molecule has 1 aliphatic rings. The lowest BCUT2D eigenvalue weighted by Gasteiger charge is -2.22. The van der Waals surface area contributed by atoms with Crippen LogP contribution in [0.25, 0.3) is 5.65 Å². The van der Waals surface area contributed by atoms with Gasteiger partial charge in [-0.2, -0.15) is 0 Å². The number of hydrogen-bond donors (Lipinski definition) is 1. The summed E-state index contributed by atoms with van der Waals surface area (Å²) in [4.78, 5) is 26.9. The van der Waals surface area contributed by atoms with E-state index in [1.807, 2.05) is 53.9 Å². The minimum absolute atomic E-state index is 0.0164. The van der Waals surface area contributed by atoms with Gasteiger partial charge in [-0.05, 0) is 38.3 Å². The average molecular weight is 309 g/mol. The number of amides is 1. The highest BCUT2D eigenvalue weighted by molar-refractivity contribution is 5.93. The lowest BCUT2D eigenvalue weighted by atomic mass is 10.2. The first-order chi connectivity index (χ1) is 11.1. The summed E-state index contributed by atoms with van der Waals surface area (Å²) in [6.45, 7) is 4.74. The number of hydrogen-bond acceptors (Lipinski definition) is 3. The number of aromatic nitrogens is 4. The van der Waals surface area contributed by atoms with E-state index < -0.39 is 0 Å². The Hall–Kier alpha value is -2.63. The van der Waals surface area contributed by atoms with Gasteiger partial charge in [0.05, 0.1) is 6.04 Å². The molecule has 0 radical (unpaired) electrons. The van der Waals surface area contributed by atoms with Crippen LogP contribution in [0.2, 0.25) is 0 Å². The molecule has 1 amide bonds. The van der Waals surface area contributed by atoms with Gasteiger partial charge in [0.2, 0.25) is 0 Å². The molecule has 0 bridgehead atoms. The summed E-state index contributed by atoms with van der Waals surface area (Å²) in [6.07, 6.45) is 7.53. The van der Waals surface area contributed by atoms with Gasteiger partial charge in [0.15, 0.2) is 0 Å². The Balaban J connectivity index is 1.66. The Bertz CT molecular complexity index is 878. The average Bonchev–Trinajstić information content (AvgIpc) is 3.23. The lowest BCUT2D eigenvalue weighted by molar-refractivity contribution is 0.0725. The van der Waals surface area contributed by atoms with Crippen molar-refractivity contribution >= 4 is 11.6 Å². The van der Waals surface area contributed by atoms with E-state index in [0.29, 0.717) is 5.69 Å². The first-order valence-corrected chi connectivity index (χ1v) is 7.89. The molecule has 4 heterocycles. The minimum atomic E-state index is -0.0251. The molecular formula is C17H19N5O. The predicted molar refractivity (Wildman–Crippen MR) is 86.3 cm³/mol. The number of nitrogens with one attached hydrogen (secondary N) is 1. The van der Waals surface area contributed by atoms with Crippen LogP contribution in [0.15, 0.2) is 30.7 Å². The van der Waals surface area contributed by atoms with Gasteiger partial charge >= 0.3 is 0 Å². The molecule has 1 N–H and O–H groups in total. The fourth-order valence-electron chi connectivity index (χ4n) is 3.25. The van der Waals surface area contributed by atoms with Crippen molar-refractivity contribution in [3.63, 3.8) is 0 Å². The van der Waals surface area contributed by atoms with Crippen LogP contribution in [0.3, 0.4) is 0 Å². The number of aryl methyl sites for hydroxylation is 2. The summed E-state index contributed by atoms with van der Waals surface area (Å²) in [5.74, 6) is 0.843. The number of fused-ring (bicyclic) bond motifs is 1. The highest BCUT2D eigenvalue weighted by atomic mass is 16.2. The normalized spacial score (nSPS) is 18.0. The smallest absolute Gasteiger partial charge is 0.274 e. The second kappa shape index (κ2) is 5.22. The molecule has 6 nitrogen and oxygen atoms in total. The van der Waals surface area contributed by atoms with Crippen LogP contribution in [0.5, 0.6) is 0 Å². The molecule has 1 fully saturated rings. The van der Waals surface area contributed by atoms with Crippen LogP contribution < -0.4 is 0 Å². The van der Waals surface area contributed by atoms with Gasteiger partial charge in [-0.1, -0.05) is 6.07 Å². The maximum absolute atomic E-state index is 12.9. The topological polar surface area (TPSA) is 66.3 Å². The number of carbonyl (C=O) groups excluding carboxylic acids is 1. The van der Waals surface area contributed by atoms with Crippen LogP contribution in [0.4, 0.5) is 0 Å². The molecule has 118 valence electrons. The number of pyridine rings is 1. The number of carbonyl (C=O) groups is 1. The Morgan fingerprint density at radius 3 is 2.96 bits per heavy atom. The van der Waals surface area contributed by atoms with Crippen LogP contribution >= 0.6 is 0 Å². The molecule has 0 aromatic carbocycles. The van der Waals surface area contributed by atoms with Crippen molar-refractivity contribution in [2.75, 3.05) is 6.54 Å². The molecule has 6 heteroatoms. The number of H-pyrrole nitrogens is 1. The van der Waals surface area contributed by atoms with Gasteiger partial charge in [-0.15, -0.1) is 0 Å². The highest BCUT2D eigenvalue weighted by Gasteiger charge is 2.33. The second-order valence-electron chi connectivity index (χ2n) is 6.21. The minimum Gasteiger partial charge on any atom is -0.344 e. The molecule has 23 heavy (non-hydrogen) atoms. The quantitative estimate of drug-likeness (QED) is 0.791. The summed E-state index contributed by atoms with van der Waals surface area (Å²) >= 11 is 0. The maximum atomic E-state index is 12.9. The van der Waals surface area contributed by atoms with E-state index >= 15 is 0 Å². The number of nitrogens with zero attached hydrogens (tertiary/aromatic N) is 4. The summed E-state index contributed by atoms with van der Waals surface area (Å²) in [7, 11) is 0. The van der Waals surface area contributed by atoms with Crippen molar-refractivity contribution in [3.05, 3.63) is 53.5 Å². The Kier molecular flexibility index (Phi) is 3.18. The van der Waals surface area contributed by atoms with E-state index in [4.69, 9.17) is 0 Å². The van der Waals surface area contributed by atoms with Crippen LogP contribution in [-0.4, -0.2) is 36.7 Å². The zero-order valence-electron chi connectivity index (χ0n) is 13.3. The predicted octanol–water partition coefficient (Wildman–Crippen LogP) is 2.65. The molecule has 0 spiro atoms. The van der Waals surface area contributed by atoms with Gasteiger partial charge in [-0.3, -0.25) is 4.79 Å². The zero-order chi connectivity index (χ0) is 16.0. The molecule has 1 aliphatic heterocycles. The zero-order valence-corrected chi connectivity index (χ0v) is 13.3. The number of likely N-dealkylation sites (tertiary alicyclic amines) is 1. The van der Waals surface area contributed by atoms with Crippen molar-refractivity contribution in [3.8, 4) is 0 Å². The van der Waals surface area contributed by atoms with Gasteiger partial charge in [-0.25, -0.2) is 9.97 Å². The van der Waals surface area contributed by atoms with E-state index in [-0.39, 0.29) is 11.9 Å². The van der Waals surface area contributed by atoms with E-state index in [2.05, 4.69) is 15.0 Å². The van der Waals surface area contributed by atoms with Crippen LogP contribution in [-0.2, 0) is 0 Å². The van der Waals surface area contributed by atoms with Crippen molar-refractivity contribution in [1.29, 1.82) is 0 Å². The summed E-state index contributed by atoms with van der Waals surface area (Å²) in [5.41, 5.74) is 3.44. The fraction of sp³-hybridized carbons (Fsp3) is 0.353. The van der Waals surface area contributed by atoms with E-state index in [9.17, 15) is 4.79 Å². The standard InChI is InChI=1S/C17H19N5O/c1-11-5-6-15-20-13(10-21(15)9-11)17(23)22-7-3-4-14(22)16-18-8-12(2)19-16/h5-6,8-10,14H,3-4,7H2,1-2H3,(H,18,19)/t14-/m0/s1. The highest BCUT2D eigenvalue weighted by Crippen LogP contribution is 2.31. The van der Waals surface area contributed by atoms with Gasteiger partial charge < -0.3 is 14.3 Å². The van der Waals surface area contributed by atoms with Crippen LogP contribution in [0, 0.1) is 13.8 Å². The number of imidazole rings is 2. The van der Waals surface area contributed by atoms with Crippen molar-refractivity contribution in [2.45, 2.75) is 32.7 Å². The van der Waals surface area contributed by atoms with Gasteiger partial charge in [0.1, 0.15) is 17.2 Å². The lowest BCUT2D eigenvalue weighted by Crippen LogP contribution is -2.31. The fourth-order valence-corrected chi connectivity index (χ4v) is 3.25. The van der Waals surface area contributed by atoms with Crippen molar-refractivity contribution in [1.82, 2.24) is 24.3 Å². The molecule has 3 aromatic rings. The monoisotopic (exact) mass is 309 g/mol.